The summed E-state index contributed by atoms with van der Waals surface area (Å²) in [6, 6.07) is 5.85. The minimum atomic E-state index is -3.39. The van der Waals surface area contributed by atoms with E-state index in [0.29, 0.717) is 5.69 Å². The third-order valence-corrected chi connectivity index (χ3v) is 6.52. The fourth-order valence-corrected chi connectivity index (χ4v) is 4.94. The van der Waals surface area contributed by atoms with Gasteiger partial charge in [0.25, 0.3) is 0 Å². The van der Waals surface area contributed by atoms with Crippen LogP contribution in [-0.2, 0) is 24.2 Å². The summed E-state index contributed by atoms with van der Waals surface area (Å²) in [5.41, 5.74) is 0.305. The molecule has 1 aliphatic heterocycles. The molecule has 2 aliphatic carbocycles. The quantitative estimate of drug-likeness (QED) is 0.622. The Bertz CT molecular complexity index is 922. The lowest BCUT2D eigenvalue weighted by molar-refractivity contribution is -0.143. The van der Waals surface area contributed by atoms with Gasteiger partial charge in [0.2, 0.25) is 17.7 Å². The Hall–Kier alpha value is -2.48. The molecule has 1 aromatic rings. The number of carbonyl (C=O) groups is 3. The smallest absolute Gasteiger partial charge is 0.244 e. The number of likely N-dealkylation sites (tertiary alicyclic amines) is 1. The van der Waals surface area contributed by atoms with Crippen molar-refractivity contribution in [3.05, 3.63) is 36.4 Å². The molecule has 1 N–H and O–H groups in total. The first-order chi connectivity index (χ1) is 12.3. The van der Waals surface area contributed by atoms with Crippen molar-refractivity contribution in [1.29, 1.82) is 0 Å². The third kappa shape index (κ3) is 2.65. The Kier molecular flexibility index (Phi) is 3.76. The zero-order chi connectivity index (χ0) is 18.6. The maximum atomic E-state index is 12.6. The second kappa shape index (κ2) is 5.77. The van der Waals surface area contributed by atoms with Crippen molar-refractivity contribution in [2.45, 2.75) is 11.3 Å². The molecule has 7 nitrogen and oxygen atoms in total. The number of amides is 3. The van der Waals surface area contributed by atoms with E-state index in [0.717, 1.165) is 17.6 Å². The van der Waals surface area contributed by atoms with E-state index in [4.69, 9.17) is 0 Å². The van der Waals surface area contributed by atoms with Crippen LogP contribution in [0.2, 0.25) is 0 Å². The van der Waals surface area contributed by atoms with E-state index in [1.165, 1.54) is 18.2 Å². The minimum Gasteiger partial charge on any atom is -0.324 e. The first-order valence-electron chi connectivity index (χ1n) is 8.39. The number of hydrogen-bond acceptors (Lipinski definition) is 5. The van der Waals surface area contributed by atoms with E-state index < -0.39 is 15.7 Å². The van der Waals surface area contributed by atoms with E-state index in [-0.39, 0.29) is 46.9 Å². The molecule has 1 aromatic carbocycles. The maximum absolute atomic E-state index is 12.6. The molecule has 3 amide bonds. The molecule has 1 saturated heterocycles. The van der Waals surface area contributed by atoms with Crippen molar-refractivity contribution in [3.8, 4) is 0 Å². The molecule has 4 rings (SSSR count). The van der Waals surface area contributed by atoms with Crippen LogP contribution < -0.4 is 5.32 Å². The highest BCUT2D eigenvalue weighted by molar-refractivity contribution is 7.90. The molecule has 0 aromatic heterocycles. The molecule has 4 atom stereocenters. The molecule has 8 heteroatoms. The average molecular weight is 374 g/mol. The number of fused-ring (bicyclic) bond motifs is 5. The molecule has 0 radical (unpaired) electrons. The molecule has 26 heavy (non-hydrogen) atoms. The van der Waals surface area contributed by atoms with E-state index in [9.17, 15) is 22.8 Å². The van der Waals surface area contributed by atoms with Gasteiger partial charge in [-0.3, -0.25) is 19.3 Å². The summed E-state index contributed by atoms with van der Waals surface area (Å²) >= 11 is 0. The first kappa shape index (κ1) is 17.0. The number of allylic oxidation sites excluding steroid dienone is 2. The van der Waals surface area contributed by atoms with Gasteiger partial charge >= 0.3 is 0 Å². The Labute approximate surface area is 151 Å². The number of anilines is 1. The van der Waals surface area contributed by atoms with Crippen LogP contribution in [0.5, 0.6) is 0 Å². The summed E-state index contributed by atoms with van der Waals surface area (Å²) in [5.74, 6) is -1.56. The van der Waals surface area contributed by atoms with Crippen LogP contribution >= 0.6 is 0 Å². The summed E-state index contributed by atoms with van der Waals surface area (Å²) in [6.07, 6.45) is 5.91. The molecular weight excluding hydrogens is 356 g/mol. The summed E-state index contributed by atoms with van der Waals surface area (Å²) < 4.78 is 23.2. The van der Waals surface area contributed by atoms with Crippen LogP contribution in [0.4, 0.5) is 5.69 Å². The number of hydrogen-bond donors (Lipinski definition) is 1. The number of rotatable bonds is 4. The Morgan fingerprint density at radius 2 is 1.77 bits per heavy atom. The molecule has 1 saturated carbocycles. The Balaban J connectivity index is 1.46. The van der Waals surface area contributed by atoms with Crippen LogP contribution in [0.25, 0.3) is 0 Å². The molecule has 4 unspecified atom stereocenters. The van der Waals surface area contributed by atoms with Gasteiger partial charge in [0, 0.05) is 11.9 Å². The molecule has 2 bridgehead atoms. The molecule has 0 spiro atoms. The molecule has 3 aliphatic rings. The van der Waals surface area contributed by atoms with Crippen LogP contribution in [0.1, 0.15) is 6.42 Å². The minimum absolute atomic E-state index is 0.0841. The fourth-order valence-electron chi connectivity index (χ4n) is 4.27. The van der Waals surface area contributed by atoms with Crippen molar-refractivity contribution in [1.82, 2.24) is 4.90 Å². The Morgan fingerprint density at radius 3 is 2.35 bits per heavy atom. The summed E-state index contributed by atoms with van der Waals surface area (Å²) in [6.45, 7) is -0.354. The van der Waals surface area contributed by atoms with E-state index >= 15 is 0 Å². The molecular formula is C18H18N2O5S. The number of sulfone groups is 1. The van der Waals surface area contributed by atoms with Crippen LogP contribution in [-0.4, -0.2) is 43.8 Å². The lowest BCUT2D eigenvalue weighted by Gasteiger charge is -2.17. The average Bonchev–Trinajstić information content (AvgIpc) is 3.24. The highest BCUT2D eigenvalue weighted by atomic mass is 32.2. The van der Waals surface area contributed by atoms with Gasteiger partial charge < -0.3 is 5.32 Å². The number of nitrogens with one attached hydrogen (secondary N) is 1. The second-order valence-corrected chi connectivity index (χ2v) is 9.13. The maximum Gasteiger partial charge on any atom is 0.244 e. The van der Waals surface area contributed by atoms with Gasteiger partial charge in [0.05, 0.1) is 16.7 Å². The van der Waals surface area contributed by atoms with Crippen molar-refractivity contribution >= 4 is 33.2 Å². The second-order valence-electron chi connectivity index (χ2n) is 7.11. The standard InChI is InChI=1S/C18H18N2O5S/c1-26(24,25)13-4-2-3-12(8-13)19-14(21)9-20-17(22)15-10-5-6-11(7-10)16(15)18(20)23/h2-6,8,10-11,15-16H,7,9H2,1H3,(H,19,21). The monoisotopic (exact) mass is 374 g/mol. The zero-order valence-electron chi connectivity index (χ0n) is 14.1. The number of benzene rings is 1. The molecule has 136 valence electrons. The highest BCUT2D eigenvalue weighted by Gasteiger charge is 2.59. The largest absolute Gasteiger partial charge is 0.324 e. The van der Waals surface area contributed by atoms with Gasteiger partial charge in [0.1, 0.15) is 6.54 Å². The number of nitrogens with zero attached hydrogens (tertiary/aromatic N) is 1. The van der Waals surface area contributed by atoms with Gasteiger partial charge in [-0.2, -0.15) is 0 Å². The van der Waals surface area contributed by atoms with Crippen molar-refractivity contribution in [3.63, 3.8) is 0 Å². The van der Waals surface area contributed by atoms with Crippen molar-refractivity contribution in [2.24, 2.45) is 23.7 Å². The van der Waals surface area contributed by atoms with Crippen molar-refractivity contribution in [2.75, 3.05) is 18.1 Å². The predicted molar refractivity (Wildman–Crippen MR) is 92.6 cm³/mol. The van der Waals surface area contributed by atoms with Gasteiger partial charge in [-0.15, -0.1) is 0 Å². The van der Waals surface area contributed by atoms with Crippen LogP contribution in [0.3, 0.4) is 0 Å². The van der Waals surface area contributed by atoms with Gasteiger partial charge in [-0.05, 0) is 36.5 Å². The topological polar surface area (TPSA) is 101 Å². The Morgan fingerprint density at radius 1 is 1.15 bits per heavy atom. The first-order valence-corrected chi connectivity index (χ1v) is 10.3. The SMILES string of the molecule is CS(=O)(=O)c1cccc(NC(=O)CN2C(=O)C3C4C=CC(C4)C3C2=O)c1. The third-order valence-electron chi connectivity index (χ3n) is 5.41. The lowest BCUT2D eigenvalue weighted by Crippen LogP contribution is -2.39. The molecule has 2 fully saturated rings. The lowest BCUT2D eigenvalue weighted by atomic mass is 9.85. The number of carbonyl (C=O) groups excluding carboxylic acids is 3. The number of imide groups is 1. The predicted octanol–water partition coefficient (Wildman–Crippen LogP) is 0.836. The van der Waals surface area contributed by atoms with Gasteiger partial charge in [-0.25, -0.2) is 8.42 Å². The summed E-state index contributed by atoms with van der Waals surface area (Å²) in [7, 11) is -3.39. The van der Waals surface area contributed by atoms with Gasteiger partial charge in [-0.1, -0.05) is 18.2 Å². The highest BCUT2D eigenvalue weighted by Crippen LogP contribution is 2.52. The van der Waals surface area contributed by atoms with Crippen LogP contribution in [0.15, 0.2) is 41.3 Å². The summed E-state index contributed by atoms with van der Waals surface area (Å²) in [5, 5.41) is 2.56. The van der Waals surface area contributed by atoms with Crippen molar-refractivity contribution < 1.29 is 22.8 Å². The van der Waals surface area contributed by atoms with Gasteiger partial charge in [0.15, 0.2) is 9.84 Å². The molecule has 1 heterocycles. The van der Waals surface area contributed by atoms with E-state index in [1.54, 1.807) is 6.07 Å². The van der Waals surface area contributed by atoms with Crippen LogP contribution in [0, 0.1) is 23.7 Å². The fraction of sp³-hybridized carbons (Fsp3) is 0.389. The normalized spacial score (nSPS) is 29.3. The van der Waals surface area contributed by atoms with E-state index in [2.05, 4.69) is 5.32 Å². The van der Waals surface area contributed by atoms with E-state index in [1.807, 2.05) is 12.2 Å². The summed E-state index contributed by atoms with van der Waals surface area (Å²) in [4.78, 5) is 38.6. The zero-order valence-corrected chi connectivity index (χ0v) is 14.9.